The fourth-order valence-electron chi connectivity index (χ4n) is 6.01. The van der Waals surface area contributed by atoms with Crippen LogP contribution in [0.1, 0.15) is 50.5 Å². The van der Waals surface area contributed by atoms with Crippen LogP contribution in [0.5, 0.6) is 0 Å². The minimum Gasteiger partial charge on any atom is -0.381 e. The van der Waals surface area contributed by atoms with E-state index in [-0.39, 0.29) is 0 Å². The Morgan fingerprint density at radius 1 is 0.944 bits per heavy atom. The molecular formula is C30H32Cl2FN3. The Balaban J connectivity index is 1.32. The number of anilines is 1. The molecule has 2 heterocycles. The van der Waals surface area contributed by atoms with Crippen molar-refractivity contribution in [1.82, 2.24) is 9.88 Å². The van der Waals surface area contributed by atoms with E-state index in [0.717, 1.165) is 65.5 Å². The van der Waals surface area contributed by atoms with E-state index < -0.39 is 6.17 Å². The van der Waals surface area contributed by atoms with Crippen LogP contribution in [0.4, 0.5) is 10.1 Å². The maximum atomic E-state index is 13.7. The van der Waals surface area contributed by atoms with Gasteiger partial charge >= 0.3 is 0 Å². The van der Waals surface area contributed by atoms with Gasteiger partial charge in [-0.05, 0) is 97.9 Å². The third kappa shape index (κ3) is 5.01. The van der Waals surface area contributed by atoms with E-state index in [9.17, 15) is 4.39 Å². The van der Waals surface area contributed by atoms with E-state index in [1.807, 2.05) is 18.3 Å². The number of benzene rings is 2. The number of allylic oxidation sites excluding steroid dienone is 1. The molecule has 1 unspecified atom stereocenters. The van der Waals surface area contributed by atoms with Crippen molar-refractivity contribution in [2.45, 2.75) is 63.2 Å². The van der Waals surface area contributed by atoms with Crippen molar-refractivity contribution in [3.05, 3.63) is 64.8 Å². The summed E-state index contributed by atoms with van der Waals surface area (Å²) in [6.45, 7) is 5.98. The fraction of sp³-hybridized carbons (Fsp3) is 0.433. The van der Waals surface area contributed by atoms with Gasteiger partial charge in [0.15, 0.2) is 0 Å². The lowest BCUT2D eigenvalue weighted by Gasteiger charge is -2.35. The van der Waals surface area contributed by atoms with E-state index in [0.29, 0.717) is 41.0 Å². The van der Waals surface area contributed by atoms with Crippen molar-refractivity contribution in [3.8, 4) is 11.1 Å². The van der Waals surface area contributed by atoms with Gasteiger partial charge in [0.25, 0.3) is 0 Å². The maximum Gasteiger partial charge on any atom is 0.114 e. The van der Waals surface area contributed by atoms with Crippen LogP contribution in [0.2, 0.25) is 10.0 Å². The molecule has 36 heavy (non-hydrogen) atoms. The number of hydrogen-bond acceptors (Lipinski definition) is 3. The van der Waals surface area contributed by atoms with Crippen LogP contribution in [0.15, 0.2) is 49.2 Å². The first kappa shape index (κ1) is 24.2. The first-order valence-corrected chi connectivity index (χ1v) is 13.9. The van der Waals surface area contributed by atoms with Gasteiger partial charge in [0, 0.05) is 52.4 Å². The number of nitrogens with zero attached hydrogens (tertiary/aromatic N) is 2. The highest BCUT2D eigenvalue weighted by molar-refractivity contribution is 6.35. The van der Waals surface area contributed by atoms with Gasteiger partial charge in [0.2, 0.25) is 0 Å². The number of fused-ring (bicyclic) bond motifs is 1. The summed E-state index contributed by atoms with van der Waals surface area (Å²) in [6, 6.07) is 12.9. The summed E-state index contributed by atoms with van der Waals surface area (Å²) in [4.78, 5) is 7.18. The molecule has 1 aromatic heterocycles. The SMILES string of the molecule is C=C(c1cnc2ccc(-c3cc(Cl)cc(Cl)c3)cc2c1NC1CCC(N2CCC(F)C2)CC1)C1CC1. The molecule has 3 aromatic rings. The van der Waals surface area contributed by atoms with Gasteiger partial charge in [0.1, 0.15) is 6.17 Å². The Labute approximate surface area is 222 Å². The molecule has 6 rings (SSSR count). The third-order valence-electron chi connectivity index (χ3n) is 8.20. The normalized spacial score (nSPS) is 24.8. The second kappa shape index (κ2) is 9.96. The second-order valence-corrected chi connectivity index (χ2v) is 11.6. The number of aromatic nitrogens is 1. The smallest absolute Gasteiger partial charge is 0.114 e. The number of likely N-dealkylation sites (tertiary alicyclic amines) is 1. The van der Waals surface area contributed by atoms with Gasteiger partial charge < -0.3 is 5.32 Å². The van der Waals surface area contributed by atoms with E-state index >= 15 is 0 Å². The maximum absolute atomic E-state index is 13.7. The monoisotopic (exact) mass is 523 g/mol. The summed E-state index contributed by atoms with van der Waals surface area (Å²) >= 11 is 12.6. The summed E-state index contributed by atoms with van der Waals surface area (Å²) in [6.07, 6.45) is 8.83. The molecule has 0 bridgehead atoms. The molecule has 3 fully saturated rings. The average molecular weight is 525 g/mol. The Kier molecular flexibility index (Phi) is 6.70. The molecule has 188 valence electrons. The van der Waals surface area contributed by atoms with Gasteiger partial charge in [-0.25, -0.2) is 4.39 Å². The largest absolute Gasteiger partial charge is 0.381 e. The number of halogens is 3. The van der Waals surface area contributed by atoms with Crippen molar-refractivity contribution in [2.75, 3.05) is 18.4 Å². The van der Waals surface area contributed by atoms with Crippen LogP contribution in [0.25, 0.3) is 27.6 Å². The second-order valence-electron chi connectivity index (χ2n) is 10.8. The summed E-state index contributed by atoms with van der Waals surface area (Å²) in [5, 5.41) is 6.28. The molecule has 0 radical (unpaired) electrons. The minimum absolute atomic E-state index is 0.380. The van der Waals surface area contributed by atoms with Gasteiger partial charge in [-0.2, -0.15) is 0 Å². The molecule has 2 aromatic carbocycles. The molecule has 3 nitrogen and oxygen atoms in total. The van der Waals surface area contributed by atoms with Gasteiger partial charge in [-0.15, -0.1) is 0 Å². The number of pyridine rings is 1. The Morgan fingerprint density at radius 2 is 1.69 bits per heavy atom. The van der Waals surface area contributed by atoms with Crippen molar-refractivity contribution in [2.24, 2.45) is 5.92 Å². The zero-order valence-electron chi connectivity index (χ0n) is 20.5. The quantitative estimate of drug-likeness (QED) is 0.351. The molecule has 1 aliphatic heterocycles. The van der Waals surface area contributed by atoms with Crippen LogP contribution in [0.3, 0.4) is 0 Å². The van der Waals surface area contributed by atoms with Crippen molar-refractivity contribution < 1.29 is 4.39 Å². The third-order valence-corrected chi connectivity index (χ3v) is 8.64. The molecule has 3 aliphatic rings. The predicted octanol–water partition coefficient (Wildman–Crippen LogP) is 8.40. The van der Waals surface area contributed by atoms with Crippen LogP contribution in [0, 0.1) is 5.92 Å². The zero-order valence-corrected chi connectivity index (χ0v) is 22.0. The molecule has 0 amide bonds. The molecule has 2 saturated carbocycles. The number of nitrogens with one attached hydrogen (secondary N) is 1. The Morgan fingerprint density at radius 3 is 2.36 bits per heavy atom. The highest BCUT2D eigenvalue weighted by Crippen LogP contribution is 2.45. The first-order valence-electron chi connectivity index (χ1n) is 13.2. The van der Waals surface area contributed by atoms with Crippen LogP contribution >= 0.6 is 23.2 Å². The zero-order chi connectivity index (χ0) is 24.8. The highest BCUT2D eigenvalue weighted by Gasteiger charge is 2.32. The molecule has 2 aliphatic carbocycles. The fourth-order valence-corrected chi connectivity index (χ4v) is 6.53. The van der Waals surface area contributed by atoms with Crippen molar-refractivity contribution in [1.29, 1.82) is 0 Å². The van der Waals surface area contributed by atoms with Crippen molar-refractivity contribution >= 4 is 45.4 Å². The summed E-state index contributed by atoms with van der Waals surface area (Å²) in [5.74, 6) is 0.555. The number of hydrogen-bond donors (Lipinski definition) is 1. The van der Waals surface area contributed by atoms with Crippen LogP contribution in [-0.2, 0) is 0 Å². The Bertz CT molecular complexity index is 1280. The summed E-state index contributed by atoms with van der Waals surface area (Å²) in [7, 11) is 0. The average Bonchev–Trinajstić information content (AvgIpc) is 3.63. The number of alkyl halides is 1. The van der Waals surface area contributed by atoms with Gasteiger partial charge in [-0.3, -0.25) is 9.88 Å². The van der Waals surface area contributed by atoms with Crippen LogP contribution < -0.4 is 5.32 Å². The highest BCUT2D eigenvalue weighted by atomic mass is 35.5. The van der Waals surface area contributed by atoms with Crippen molar-refractivity contribution in [3.63, 3.8) is 0 Å². The molecular weight excluding hydrogens is 492 g/mol. The van der Waals surface area contributed by atoms with Gasteiger partial charge in [0.05, 0.1) is 11.2 Å². The standard InChI is InChI=1S/C30H32Cl2FN3/c1-18(19-2-3-19)28-16-34-29-9-4-20(21-12-22(31)15-23(32)13-21)14-27(29)30(28)35-25-5-7-26(8-6-25)36-11-10-24(33)17-36/h4,9,12-16,19,24-26H,1-3,5-8,10-11,17H2,(H,34,35). The van der Waals surface area contributed by atoms with Gasteiger partial charge in [-0.1, -0.05) is 35.8 Å². The van der Waals surface area contributed by atoms with E-state index in [1.54, 1.807) is 6.07 Å². The first-order chi connectivity index (χ1) is 17.4. The van der Waals surface area contributed by atoms with Crippen LogP contribution in [-0.4, -0.2) is 41.2 Å². The number of rotatable bonds is 6. The lowest BCUT2D eigenvalue weighted by atomic mass is 9.89. The van der Waals surface area contributed by atoms with E-state index in [1.165, 1.54) is 18.4 Å². The van der Waals surface area contributed by atoms with E-state index in [2.05, 4.69) is 35.0 Å². The molecule has 0 spiro atoms. The molecule has 1 N–H and O–H groups in total. The lowest BCUT2D eigenvalue weighted by molar-refractivity contribution is 0.173. The predicted molar refractivity (Wildman–Crippen MR) is 150 cm³/mol. The Hall–Kier alpha value is -2.14. The summed E-state index contributed by atoms with van der Waals surface area (Å²) < 4.78 is 13.7. The molecule has 6 heteroatoms. The topological polar surface area (TPSA) is 28.2 Å². The lowest BCUT2D eigenvalue weighted by Crippen LogP contribution is -2.39. The molecule has 1 saturated heterocycles. The minimum atomic E-state index is -0.649. The summed E-state index contributed by atoms with van der Waals surface area (Å²) in [5.41, 5.74) is 6.46. The molecule has 1 atom stereocenters. The van der Waals surface area contributed by atoms with E-state index in [4.69, 9.17) is 28.2 Å².